The zero-order chi connectivity index (χ0) is 14.5. The molecule has 20 heavy (non-hydrogen) atoms. The van der Waals surface area contributed by atoms with E-state index < -0.39 is 0 Å². The highest BCUT2D eigenvalue weighted by molar-refractivity contribution is 9.10. The Morgan fingerprint density at radius 3 is 2.60 bits per heavy atom. The normalized spacial score (nSPS) is 10.2. The summed E-state index contributed by atoms with van der Waals surface area (Å²) in [6.07, 6.45) is 0.208. The fourth-order valence-corrected chi connectivity index (χ4v) is 2.26. The third kappa shape index (κ3) is 3.99. The minimum atomic E-state index is -0.118. The third-order valence-corrected chi connectivity index (χ3v) is 3.49. The number of anilines is 1. The number of amides is 1. The van der Waals surface area contributed by atoms with Crippen LogP contribution in [0.4, 0.5) is 5.69 Å². The molecule has 0 atom stereocenters. The van der Waals surface area contributed by atoms with Gasteiger partial charge in [-0.2, -0.15) is 0 Å². The van der Waals surface area contributed by atoms with E-state index in [9.17, 15) is 4.79 Å². The Balaban J connectivity index is 2.08. The summed E-state index contributed by atoms with van der Waals surface area (Å²) in [5.74, 6) is 0.535. The summed E-state index contributed by atoms with van der Waals surface area (Å²) >= 11 is 9.29. The highest BCUT2D eigenvalue weighted by Gasteiger charge is 2.09. The van der Waals surface area contributed by atoms with Crippen LogP contribution in [-0.2, 0) is 11.2 Å². The first-order chi connectivity index (χ1) is 9.58. The van der Waals surface area contributed by atoms with Gasteiger partial charge in [0.15, 0.2) is 0 Å². The van der Waals surface area contributed by atoms with E-state index in [4.69, 9.17) is 16.3 Å². The van der Waals surface area contributed by atoms with Crippen molar-refractivity contribution in [3.05, 3.63) is 57.5 Å². The summed E-state index contributed by atoms with van der Waals surface area (Å²) in [7, 11) is 1.57. The zero-order valence-corrected chi connectivity index (χ0v) is 13.2. The molecule has 0 saturated carbocycles. The summed E-state index contributed by atoms with van der Waals surface area (Å²) in [6.45, 7) is 0. The van der Waals surface area contributed by atoms with E-state index in [-0.39, 0.29) is 12.3 Å². The Hall–Kier alpha value is -1.52. The Kier molecular flexibility index (Phi) is 5.04. The average molecular weight is 355 g/mol. The summed E-state index contributed by atoms with van der Waals surface area (Å²) < 4.78 is 6.19. The van der Waals surface area contributed by atoms with Gasteiger partial charge in [0, 0.05) is 20.7 Å². The van der Waals surface area contributed by atoms with Crippen LogP contribution in [0.25, 0.3) is 0 Å². The maximum absolute atomic E-state index is 12.0. The van der Waals surface area contributed by atoms with Gasteiger partial charge in [-0.15, -0.1) is 0 Å². The summed E-state index contributed by atoms with van der Waals surface area (Å²) in [5, 5.41) is 3.41. The number of hydrogen-bond donors (Lipinski definition) is 1. The smallest absolute Gasteiger partial charge is 0.228 e. The van der Waals surface area contributed by atoms with Crippen molar-refractivity contribution in [3.63, 3.8) is 0 Å². The lowest BCUT2D eigenvalue weighted by molar-refractivity contribution is -0.115. The number of nitrogens with one attached hydrogen (secondary N) is 1. The molecule has 2 rings (SSSR count). The van der Waals surface area contributed by atoms with Gasteiger partial charge in [-0.1, -0.05) is 27.5 Å². The van der Waals surface area contributed by atoms with Gasteiger partial charge in [0.1, 0.15) is 5.75 Å². The van der Waals surface area contributed by atoms with Crippen molar-refractivity contribution in [2.45, 2.75) is 6.42 Å². The van der Waals surface area contributed by atoms with Crippen molar-refractivity contribution in [2.75, 3.05) is 12.4 Å². The Bertz CT molecular complexity index is 614. The largest absolute Gasteiger partial charge is 0.496 e. The Morgan fingerprint density at radius 1 is 1.25 bits per heavy atom. The van der Waals surface area contributed by atoms with Gasteiger partial charge in [0.05, 0.1) is 13.5 Å². The first-order valence-electron chi connectivity index (χ1n) is 5.96. The summed E-state index contributed by atoms with van der Waals surface area (Å²) in [4.78, 5) is 12.0. The van der Waals surface area contributed by atoms with E-state index >= 15 is 0 Å². The van der Waals surface area contributed by atoms with Crippen LogP contribution < -0.4 is 10.1 Å². The van der Waals surface area contributed by atoms with E-state index in [1.165, 1.54) is 0 Å². The number of carbonyl (C=O) groups excluding carboxylic acids is 1. The molecule has 1 N–H and O–H groups in total. The Morgan fingerprint density at radius 2 is 1.95 bits per heavy atom. The standard InChI is InChI=1S/C15H13BrClNO2/c1-20-14-7-4-12(17)8-10(14)9-15(19)18-13-5-2-11(16)3-6-13/h2-8H,9H2,1H3,(H,18,19). The molecule has 0 aliphatic heterocycles. The van der Waals surface area contributed by atoms with Gasteiger partial charge in [0.25, 0.3) is 0 Å². The number of benzene rings is 2. The van der Waals surface area contributed by atoms with Crippen LogP contribution in [0.15, 0.2) is 46.9 Å². The predicted molar refractivity (Wildman–Crippen MR) is 84.5 cm³/mol. The molecule has 0 aromatic heterocycles. The number of methoxy groups -OCH3 is 1. The first-order valence-corrected chi connectivity index (χ1v) is 7.13. The highest BCUT2D eigenvalue weighted by Crippen LogP contribution is 2.23. The minimum absolute atomic E-state index is 0.118. The molecule has 0 spiro atoms. The van der Waals surface area contributed by atoms with Crippen LogP contribution in [0.1, 0.15) is 5.56 Å². The molecule has 3 nitrogen and oxygen atoms in total. The molecule has 104 valence electrons. The molecular weight excluding hydrogens is 342 g/mol. The lowest BCUT2D eigenvalue weighted by Gasteiger charge is -2.09. The second kappa shape index (κ2) is 6.77. The summed E-state index contributed by atoms with van der Waals surface area (Å²) in [6, 6.07) is 12.6. The number of hydrogen-bond acceptors (Lipinski definition) is 2. The molecule has 1 amide bonds. The average Bonchev–Trinajstić information content (AvgIpc) is 2.41. The van der Waals surface area contributed by atoms with Crippen molar-refractivity contribution in [3.8, 4) is 5.75 Å². The van der Waals surface area contributed by atoms with Gasteiger partial charge in [0.2, 0.25) is 5.91 Å². The van der Waals surface area contributed by atoms with Gasteiger partial charge in [-0.05, 0) is 42.5 Å². The van der Waals surface area contributed by atoms with Crippen LogP contribution in [0.3, 0.4) is 0 Å². The van der Waals surface area contributed by atoms with Crippen LogP contribution >= 0.6 is 27.5 Å². The van der Waals surface area contributed by atoms with Crippen molar-refractivity contribution in [1.82, 2.24) is 0 Å². The molecule has 0 aliphatic carbocycles. The molecule has 0 aliphatic rings. The fourth-order valence-electron chi connectivity index (χ4n) is 1.80. The fraction of sp³-hybridized carbons (Fsp3) is 0.133. The van der Waals surface area contributed by atoms with E-state index in [1.54, 1.807) is 25.3 Å². The van der Waals surface area contributed by atoms with E-state index in [2.05, 4.69) is 21.2 Å². The van der Waals surface area contributed by atoms with Crippen molar-refractivity contribution in [1.29, 1.82) is 0 Å². The number of carbonyl (C=O) groups is 1. The topological polar surface area (TPSA) is 38.3 Å². The van der Waals surface area contributed by atoms with Crippen LogP contribution in [0.5, 0.6) is 5.75 Å². The van der Waals surface area contributed by atoms with Crippen LogP contribution in [0, 0.1) is 0 Å². The van der Waals surface area contributed by atoms with E-state index in [1.807, 2.05) is 24.3 Å². The molecule has 0 unspecified atom stereocenters. The molecule has 0 saturated heterocycles. The van der Waals surface area contributed by atoms with Crippen molar-refractivity contribution >= 4 is 39.1 Å². The second-order valence-corrected chi connectivity index (χ2v) is 5.54. The molecule has 0 bridgehead atoms. The maximum Gasteiger partial charge on any atom is 0.228 e. The molecular formula is C15H13BrClNO2. The predicted octanol–water partition coefficient (Wildman–Crippen LogP) is 4.29. The third-order valence-electron chi connectivity index (χ3n) is 2.72. The molecule has 5 heteroatoms. The molecule has 2 aromatic rings. The monoisotopic (exact) mass is 353 g/mol. The van der Waals surface area contributed by atoms with Crippen LogP contribution in [0.2, 0.25) is 5.02 Å². The van der Waals surface area contributed by atoms with Crippen molar-refractivity contribution in [2.24, 2.45) is 0 Å². The first kappa shape index (κ1) is 14.9. The van der Waals surface area contributed by atoms with E-state index in [0.29, 0.717) is 10.8 Å². The lowest BCUT2D eigenvalue weighted by atomic mass is 10.1. The molecule has 0 fully saturated rings. The van der Waals surface area contributed by atoms with Gasteiger partial charge in [-0.25, -0.2) is 0 Å². The quantitative estimate of drug-likeness (QED) is 0.889. The minimum Gasteiger partial charge on any atom is -0.496 e. The summed E-state index contributed by atoms with van der Waals surface area (Å²) in [5.41, 5.74) is 1.51. The lowest BCUT2D eigenvalue weighted by Crippen LogP contribution is -2.14. The van der Waals surface area contributed by atoms with Gasteiger partial charge >= 0.3 is 0 Å². The molecule has 2 aromatic carbocycles. The second-order valence-electron chi connectivity index (χ2n) is 4.19. The van der Waals surface area contributed by atoms with Gasteiger partial charge in [-0.3, -0.25) is 4.79 Å². The van der Waals surface area contributed by atoms with Crippen molar-refractivity contribution < 1.29 is 9.53 Å². The maximum atomic E-state index is 12.0. The SMILES string of the molecule is COc1ccc(Cl)cc1CC(=O)Nc1ccc(Br)cc1. The zero-order valence-electron chi connectivity index (χ0n) is 10.8. The number of ether oxygens (including phenoxy) is 1. The van der Waals surface area contributed by atoms with E-state index in [0.717, 1.165) is 15.7 Å². The molecule has 0 heterocycles. The number of halogens is 2. The highest BCUT2D eigenvalue weighted by atomic mass is 79.9. The molecule has 0 radical (unpaired) electrons. The Labute approximate surface area is 131 Å². The number of rotatable bonds is 4. The van der Waals surface area contributed by atoms with Gasteiger partial charge < -0.3 is 10.1 Å². The van der Waals surface area contributed by atoms with Crippen LogP contribution in [-0.4, -0.2) is 13.0 Å².